The van der Waals surface area contributed by atoms with Gasteiger partial charge in [-0.05, 0) is 38.1 Å². The second kappa shape index (κ2) is 7.29. The number of hydrogen-bond acceptors (Lipinski definition) is 4. The summed E-state index contributed by atoms with van der Waals surface area (Å²) in [5.41, 5.74) is 1.15. The van der Waals surface area contributed by atoms with Crippen molar-refractivity contribution in [2.24, 2.45) is 4.99 Å². The number of carbonyl (C=O) groups excluding carboxylic acids is 1. The molecule has 0 radical (unpaired) electrons. The summed E-state index contributed by atoms with van der Waals surface area (Å²) in [5.74, 6) is -0.572. The quantitative estimate of drug-likeness (QED) is 0.708. The third kappa shape index (κ3) is 3.41. The van der Waals surface area contributed by atoms with Crippen LogP contribution in [-0.2, 0) is 11.3 Å². The summed E-state index contributed by atoms with van der Waals surface area (Å²) < 4.78 is 21.8. The minimum Gasteiger partial charge on any atom is -0.380 e. The Kier molecular flexibility index (Phi) is 5.11. The van der Waals surface area contributed by atoms with Gasteiger partial charge in [0.2, 0.25) is 0 Å². The second-order valence-corrected chi connectivity index (χ2v) is 6.96. The number of ether oxygens (including phenoxy) is 1. The minimum atomic E-state index is -0.343. The van der Waals surface area contributed by atoms with Crippen LogP contribution >= 0.6 is 11.3 Å². The van der Waals surface area contributed by atoms with Crippen molar-refractivity contribution in [3.05, 3.63) is 64.3 Å². The topological polar surface area (TPSA) is 43.6 Å². The summed E-state index contributed by atoms with van der Waals surface area (Å²) in [6.07, 6.45) is 1.68. The first kappa shape index (κ1) is 17.5. The summed E-state index contributed by atoms with van der Waals surface area (Å²) in [5, 5.41) is 0.455. The molecule has 0 unspecified atom stereocenters. The molecule has 4 nitrogen and oxygen atoms in total. The van der Waals surface area contributed by atoms with Gasteiger partial charge in [-0.2, -0.15) is 0 Å². The average Bonchev–Trinajstić information content (AvgIpc) is 2.94. The minimum absolute atomic E-state index is 0.0553. The third-order valence-corrected chi connectivity index (χ3v) is 4.88. The largest absolute Gasteiger partial charge is 0.380 e. The first-order valence-electron chi connectivity index (χ1n) is 7.98. The van der Waals surface area contributed by atoms with Gasteiger partial charge in [-0.3, -0.25) is 14.4 Å². The van der Waals surface area contributed by atoms with Gasteiger partial charge in [-0.15, -0.1) is 11.3 Å². The molecule has 130 valence electrons. The smallest absolute Gasteiger partial charge is 0.274 e. The normalized spacial score (nSPS) is 12.3. The Labute approximate surface area is 149 Å². The van der Waals surface area contributed by atoms with E-state index < -0.39 is 0 Å². The van der Waals surface area contributed by atoms with E-state index in [0.29, 0.717) is 21.3 Å². The van der Waals surface area contributed by atoms with E-state index in [2.05, 4.69) is 4.99 Å². The number of pyridine rings is 1. The van der Waals surface area contributed by atoms with Crippen molar-refractivity contribution in [2.45, 2.75) is 26.5 Å². The van der Waals surface area contributed by atoms with E-state index in [0.717, 1.165) is 4.70 Å². The second-order valence-electron chi connectivity index (χ2n) is 5.91. The molecule has 0 aliphatic rings. The molecule has 2 heterocycles. The van der Waals surface area contributed by atoms with Crippen molar-refractivity contribution >= 4 is 27.3 Å². The Morgan fingerprint density at radius 1 is 1.28 bits per heavy atom. The van der Waals surface area contributed by atoms with Gasteiger partial charge in [-0.1, -0.05) is 12.1 Å². The van der Waals surface area contributed by atoms with Gasteiger partial charge in [0.15, 0.2) is 0 Å². The molecule has 25 heavy (non-hydrogen) atoms. The number of thiophene rings is 1. The van der Waals surface area contributed by atoms with Crippen LogP contribution in [0.5, 0.6) is 0 Å². The molecular weight excluding hydrogens is 339 g/mol. The molecule has 0 saturated heterocycles. The lowest BCUT2D eigenvalue weighted by Gasteiger charge is -2.08. The Morgan fingerprint density at radius 2 is 2.08 bits per heavy atom. The van der Waals surface area contributed by atoms with E-state index in [-0.39, 0.29) is 24.4 Å². The number of benzene rings is 1. The number of fused-ring (bicyclic) bond motifs is 1. The van der Waals surface area contributed by atoms with Crippen LogP contribution in [-0.4, -0.2) is 23.6 Å². The van der Waals surface area contributed by atoms with Gasteiger partial charge < -0.3 is 4.74 Å². The van der Waals surface area contributed by atoms with Crippen molar-refractivity contribution < 1.29 is 13.9 Å². The van der Waals surface area contributed by atoms with Crippen LogP contribution in [0.4, 0.5) is 4.39 Å². The van der Waals surface area contributed by atoms with Crippen LogP contribution in [0.3, 0.4) is 0 Å². The molecule has 0 amide bonds. The molecule has 0 spiro atoms. The average molecular weight is 358 g/mol. The first-order valence-corrected chi connectivity index (χ1v) is 8.79. The molecular formula is C19H19FN2O2S. The summed E-state index contributed by atoms with van der Waals surface area (Å²) in [6.45, 7) is 4.08. The lowest BCUT2D eigenvalue weighted by Crippen LogP contribution is -2.28. The number of methoxy groups -OCH3 is 1. The zero-order valence-corrected chi connectivity index (χ0v) is 15.1. The zero-order chi connectivity index (χ0) is 18.0. The lowest BCUT2D eigenvalue weighted by molar-refractivity contribution is 0.0954. The Morgan fingerprint density at radius 3 is 2.80 bits per heavy atom. The molecule has 3 aromatic rings. The van der Waals surface area contributed by atoms with Gasteiger partial charge >= 0.3 is 0 Å². The van der Waals surface area contributed by atoms with Gasteiger partial charge in [0.05, 0.1) is 11.5 Å². The maximum Gasteiger partial charge on any atom is 0.274 e. The van der Waals surface area contributed by atoms with E-state index in [1.54, 1.807) is 24.4 Å². The molecule has 3 rings (SSSR count). The van der Waals surface area contributed by atoms with Gasteiger partial charge in [0, 0.05) is 35.0 Å². The van der Waals surface area contributed by atoms with E-state index in [4.69, 9.17) is 4.74 Å². The van der Waals surface area contributed by atoms with Crippen LogP contribution in [0.25, 0.3) is 10.1 Å². The van der Waals surface area contributed by atoms with Crippen molar-refractivity contribution in [1.29, 1.82) is 0 Å². The van der Waals surface area contributed by atoms with Crippen molar-refractivity contribution in [1.82, 2.24) is 4.57 Å². The summed E-state index contributed by atoms with van der Waals surface area (Å²) in [7, 11) is 1.54. The molecule has 2 aromatic heterocycles. The van der Waals surface area contributed by atoms with Crippen LogP contribution in [0, 0.1) is 5.82 Å². The Hall–Kier alpha value is -2.31. The predicted molar refractivity (Wildman–Crippen MR) is 97.4 cm³/mol. The van der Waals surface area contributed by atoms with Crippen LogP contribution in [0.1, 0.15) is 29.1 Å². The number of nitrogens with zero attached hydrogens (tertiary/aromatic N) is 2. The Balaban J connectivity index is 2.22. The molecule has 0 atom stereocenters. The third-order valence-electron chi connectivity index (χ3n) is 3.69. The fourth-order valence-corrected chi connectivity index (χ4v) is 3.87. The summed E-state index contributed by atoms with van der Waals surface area (Å²) >= 11 is 1.28. The zero-order valence-electron chi connectivity index (χ0n) is 14.3. The number of hydrogen-bond donors (Lipinski definition) is 0. The summed E-state index contributed by atoms with van der Waals surface area (Å²) in [4.78, 5) is 18.1. The Bertz CT molecular complexity index is 988. The van der Waals surface area contributed by atoms with E-state index in [1.165, 1.54) is 29.1 Å². The maximum atomic E-state index is 14.3. The molecule has 0 fully saturated rings. The van der Waals surface area contributed by atoms with Crippen LogP contribution in [0.2, 0.25) is 0 Å². The van der Waals surface area contributed by atoms with Gasteiger partial charge in [0.25, 0.3) is 5.91 Å². The van der Waals surface area contributed by atoms with Crippen LogP contribution < -0.4 is 5.49 Å². The van der Waals surface area contributed by atoms with E-state index in [9.17, 15) is 9.18 Å². The summed E-state index contributed by atoms with van der Waals surface area (Å²) in [6, 6.07) is 10.3. The molecule has 0 saturated carbocycles. The molecule has 1 aromatic carbocycles. The van der Waals surface area contributed by atoms with Gasteiger partial charge in [-0.25, -0.2) is 4.39 Å². The standard InChI is InChI=1S/C19H19FN2O2S/c1-12(2)21-16-9-4-5-10-22(16)19(23)18-13(11-24-3)17-14(20)7-6-8-15(17)25-18/h4-10,12H,11H2,1-3H3. The molecule has 0 aliphatic heterocycles. The van der Waals surface area contributed by atoms with Crippen molar-refractivity contribution in [3.8, 4) is 0 Å². The van der Waals surface area contributed by atoms with Crippen molar-refractivity contribution in [3.63, 3.8) is 0 Å². The highest BCUT2D eigenvalue weighted by Gasteiger charge is 2.22. The molecule has 0 N–H and O–H groups in total. The number of halogens is 1. The fourth-order valence-electron chi connectivity index (χ4n) is 2.71. The molecule has 6 heteroatoms. The fraction of sp³-hybridized carbons (Fsp3) is 0.263. The monoisotopic (exact) mass is 358 g/mol. The highest BCUT2D eigenvalue weighted by atomic mass is 32.1. The highest BCUT2D eigenvalue weighted by Crippen LogP contribution is 2.34. The first-order chi connectivity index (χ1) is 12.0. The maximum absolute atomic E-state index is 14.3. The van der Waals surface area contributed by atoms with Crippen molar-refractivity contribution in [2.75, 3.05) is 7.11 Å². The van der Waals surface area contributed by atoms with E-state index >= 15 is 0 Å². The lowest BCUT2D eigenvalue weighted by atomic mass is 10.1. The predicted octanol–water partition coefficient (Wildman–Crippen LogP) is 3.99. The van der Waals surface area contributed by atoms with Crippen LogP contribution in [0.15, 0.2) is 47.6 Å². The SMILES string of the molecule is COCc1c(C(=O)n2ccccc2=NC(C)C)sc2cccc(F)c12. The highest BCUT2D eigenvalue weighted by molar-refractivity contribution is 7.21. The van der Waals surface area contributed by atoms with Gasteiger partial charge in [0.1, 0.15) is 11.3 Å². The molecule has 0 bridgehead atoms. The number of aromatic nitrogens is 1. The number of carbonyl (C=O) groups is 1. The number of rotatable bonds is 4. The van der Waals surface area contributed by atoms with E-state index in [1.807, 2.05) is 26.0 Å². The molecule has 0 aliphatic carbocycles.